The van der Waals surface area contributed by atoms with Crippen molar-refractivity contribution in [2.24, 2.45) is 5.92 Å². The minimum atomic E-state index is -0.199. The van der Waals surface area contributed by atoms with Crippen molar-refractivity contribution in [1.82, 2.24) is 15.1 Å². The number of piperidine rings is 1. The highest BCUT2D eigenvalue weighted by molar-refractivity contribution is 5.80. The van der Waals surface area contributed by atoms with Crippen LogP contribution in [0.2, 0.25) is 0 Å². The van der Waals surface area contributed by atoms with Crippen LogP contribution in [0.3, 0.4) is 0 Å². The Morgan fingerprint density at radius 2 is 2.16 bits per heavy atom. The molecule has 4 rings (SSSR count). The van der Waals surface area contributed by atoms with E-state index < -0.39 is 0 Å². The molecule has 25 heavy (non-hydrogen) atoms. The molecule has 2 unspecified atom stereocenters. The van der Waals surface area contributed by atoms with Gasteiger partial charge in [-0.05, 0) is 44.7 Å². The van der Waals surface area contributed by atoms with Gasteiger partial charge in [0.25, 0.3) is 0 Å². The van der Waals surface area contributed by atoms with E-state index >= 15 is 0 Å². The zero-order valence-corrected chi connectivity index (χ0v) is 14.8. The number of carbonyl (C=O) groups excluding carboxylic acids is 1. The van der Waals surface area contributed by atoms with Gasteiger partial charge in [-0.1, -0.05) is 12.2 Å². The predicted octanol–water partition coefficient (Wildman–Crippen LogP) is 2.31. The SMILES string of the molecule is Cc1ccc(NC2COC3(CCCN(C(=O)C4CC=CC4)C3)C2)nn1. The van der Waals surface area contributed by atoms with Gasteiger partial charge < -0.3 is 15.0 Å². The number of hydrogen-bond acceptors (Lipinski definition) is 5. The highest BCUT2D eigenvalue weighted by atomic mass is 16.5. The lowest BCUT2D eigenvalue weighted by Gasteiger charge is -2.40. The van der Waals surface area contributed by atoms with Crippen LogP contribution in [0.4, 0.5) is 5.82 Å². The van der Waals surface area contributed by atoms with E-state index in [1.807, 2.05) is 24.0 Å². The first-order valence-electron chi connectivity index (χ1n) is 9.28. The first-order valence-corrected chi connectivity index (χ1v) is 9.28. The van der Waals surface area contributed by atoms with E-state index in [1.54, 1.807) is 0 Å². The maximum Gasteiger partial charge on any atom is 0.226 e. The van der Waals surface area contributed by atoms with E-state index in [9.17, 15) is 4.79 Å². The molecule has 2 atom stereocenters. The number of nitrogens with zero attached hydrogens (tertiary/aromatic N) is 3. The van der Waals surface area contributed by atoms with E-state index in [1.165, 1.54) is 0 Å². The molecule has 2 aliphatic heterocycles. The van der Waals surface area contributed by atoms with Gasteiger partial charge in [0.2, 0.25) is 5.91 Å². The van der Waals surface area contributed by atoms with E-state index in [0.29, 0.717) is 12.5 Å². The summed E-state index contributed by atoms with van der Waals surface area (Å²) >= 11 is 0. The zero-order chi connectivity index (χ0) is 17.3. The predicted molar refractivity (Wildman–Crippen MR) is 95.2 cm³/mol. The average molecular weight is 342 g/mol. The van der Waals surface area contributed by atoms with E-state index in [4.69, 9.17) is 4.74 Å². The molecule has 0 aromatic carbocycles. The molecule has 134 valence electrons. The number of allylic oxidation sites excluding steroid dienone is 2. The topological polar surface area (TPSA) is 67.3 Å². The quantitative estimate of drug-likeness (QED) is 0.854. The van der Waals surface area contributed by atoms with Crippen LogP contribution in [-0.2, 0) is 9.53 Å². The van der Waals surface area contributed by atoms with Crippen LogP contribution < -0.4 is 5.32 Å². The summed E-state index contributed by atoms with van der Waals surface area (Å²) in [5, 5.41) is 11.7. The van der Waals surface area contributed by atoms with Crippen molar-refractivity contribution in [2.75, 3.05) is 25.0 Å². The van der Waals surface area contributed by atoms with Gasteiger partial charge >= 0.3 is 0 Å². The molecule has 1 N–H and O–H groups in total. The van der Waals surface area contributed by atoms with Crippen molar-refractivity contribution in [3.8, 4) is 0 Å². The van der Waals surface area contributed by atoms with Gasteiger partial charge in [0.15, 0.2) is 0 Å². The summed E-state index contributed by atoms with van der Waals surface area (Å²) in [6, 6.07) is 4.13. The van der Waals surface area contributed by atoms with Crippen LogP contribution in [0.25, 0.3) is 0 Å². The van der Waals surface area contributed by atoms with Crippen LogP contribution in [0.5, 0.6) is 0 Å². The number of nitrogens with one attached hydrogen (secondary N) is 1. The number of anilines is 1. The Morgan fingerprint density at radius 3 is 2.92 bits per heavy atom. The number of amides is 1. The molecule has 2 saturated heterocycles. The van der Waals surface area contributed by atoms with Gasteiger partial charge in [0.05, 0.1) is 23.9 Å². The van der Waals surface area contributed by atoms with Crippen molar-refractivity contribution in [2.45, 2.75) is 50.7 Å². The molecule has 3 heterocycles. The Morgan fingerprint density at radius 1 is 1.32 bits per heavy atom. The van der Waals surface area contributed by atoms with Crippen molar-refractivity contribution in [1.29, 1.82) is 0 Å². The summed E-state index contributed by atoms with van der Waals surface area (Å²) < 4.78 is 6.21. The van der Waals surface area contributed by atoms with E-state index in [0.717, 1.165) is 56.7 Å². The van der Waals surface area contributed by atoms with Crippen LogP contribution in [0, 0.1) is 12.8 Å². The second kappa shape index (κ2) is 6.75. The van der Waals surface area contributed by atoms with E-state index in [2.05, 4.69) is 27.7 Å². The molecule has 0 saturated carbocycles. The molecule has 0 radical (unpaired) electrons. The summed E-state index contributed by atoms with van der Waals surface area (Å²) in [4.78, 5) is 14.8. The lowest BCUT2D eigenvalue weighted by Crippen LogP contribution is -2.51. The number of likely N-dealkylation sites (tertiary alicyclic amines) is 1. The molecule has 1 spiro atoms. The number of carbonyl (C=O) groups is 1. The van der Waals surface area contributed by atoms with Crippen molar-refractivity contribution in [3.63, 3.8) is 0 Å². The molecule has 3 aliphatic rings. The van der Waals surface area contributed by atoms with Crippen LogP contribution in [0.15, 0.2) is 24.3 Å². The molecule has 1 amide bonds. The number of ether oxygens (including phenoxy) is 1. The van der Waals surface area contributed by atoms with Gasteiger partial charge in [0, 0.05) is 25.4 Å². The maximum atomic E-state index is 12.7. The largest absolute Gasteiger partial charge is 0.371 e. The molecular formula is C19H26N4O2. The number of hydrogen-bond donors (Lipinski definition) is 1. The maximum absolute atomic E-state index is 12.7. The highest BCUT2D eigenvalue weighted by Gasteiger charge is 2.45. The van der Waals surface area contributed by atoms with Gasteiger partial charge in [-0.25, -0.2) is 0 Å². The van der Waals surface area contributed by atoms with Crippen LogP contribution in [-0.4, -0.2) is 52.3 Å². The Labute approximate surface area is 148 Å². The van der Waals surface area contributed by atoms with Crippen molar-refractivity contribution in [3.05, 3.63) is 30.0 Å². The molecular weight excluding hydrogens is 316 g/mol. The summed E-state index contributed by atoms with van der Waals surface area (Å²) in [5.41, 5.74) is 0.711. The molecule has 1 aliphatic carbocycles. The molecule has 0 bridgehead atoms. The lowest BCUT2D eigenvalue weighted by atomic mass is 9.88. The smallest absolute Gasteiger partial charge is 0.226 e. The average Bonchev–Trinajstić information content (AvgIpc) is 3.27. The normalized spacial score (nSPS) is 29.5. The second-order valence-electron chi connectivity index (χ2n) is 7.60. The monoisotopic (exact) mass is 342 g/mol. The van der Waals surface area contributed by atoms with Gasteiger partial charge in [-0.15, -0.1) is 5.10 Å². The highest BCUT2D eigenvalue weighted by Crippen LogP contribution is 2.36. The first-order chi connectivity index (χ1) is 12.1. The van der Waals surface area contributed by atoms with Gasteiger partial charge in [-0.3, -0.25) is 4.79 Å². The summed E-state index contributed by atoms with van der Waals surface area (Å²) in [6.45, 7) is 4.17. The summed E-state index contributed by atoms with van der Waals surface area (Å²) in [5.74, 6) is 1.24. The second-order valence-corrected chi connectivity index (χ2v) is 7.60. The summed E-state index contributed by atoms with van der Waals surface area (Å²) in [6.07, 6.45) is 8.97. The standard InChI is InChI=1S/C19H26N4O2/c1-14-7-8-17(22-21-14)20-16-11-19(25-12-16)9-4-10-23(13-19)18(24)15-5-2-3-6-15/h2-3,7-8,15-16H,4-6,9-13H2,1H3,(H,20,22). The third-order valence-corrected chi connectivity index (χ3v) is 5.57. The molecule has 2 fully saturated rings. The summed E-state index contributed by atoms with van der Waals surface area (Å²) in [7, 11) is 0. The third-order valence-electron chi connectivity index (χ3n) is 5.57. The van der Waals surface area contributed by atoms with E-state index in [-0.39, 0.29) is 17.6 Å². The Bertz CT molecular complexity index is 652. The van der Waals surface area contributed by atoms with Gasteiger partial charge in [0.1, 0.15) is 5.82 Å². The number of aryl methyl sites for hydroxylation is 1. The lowest BCUT2D eigenvalue weighted by molar-refractivity contribution is -0.143. The minimum absolute atomic E-state index is 0.147. The zero-order valence-electron chi connectivity index (χ0n) is 14.8. The van der Waals surface area contributed by atoms with Crippen LogP contribution >= 0.6 is 0 Å². The fourth-order valence-electron chi connectivity index (χ4n) is 4.27. The Balaban J connectivity index is 1.37. The number of aromatic nitrogens is 2. The van der Waals surface area contributed by atoms with Crippen molar-refractivity contribution >= 4 is 11.7 Å². The fraction of sp³-hybridized carbons (Fsp3) is 0.632. The minimum Gasteiger partial charge on any atom is -0.371 e. The molecule has 6 heteroatoms. The molecule has 1 aromatic rings. The molecule has 6 nitrogen and oxygen atoms in total. The first kappa shape index (κ1) is 16.5. The third kappa shape index (κ3) is 3.54. The van der Waals surface area contributed by atoms with Crippen molar-refractivity contribution < 1.29 is 9.53 Å². The van der Waals surface area contributed by atoms with Gasteiger partial charge in [-0.2, -0.15) is 5.10 Å². The Kier molecular flexibility index (Phi) is 4.46. The fourth-order valence-corrected chi connectivity index (χ4v) is 4.27. The van der Waals surface area contributed by atoms with Crippen LogP contribution in [0.1, 0.15) is 37.8 Å². The molecule has 1 aromatic heterocycles. The number of rotatable bonds is 3. The Hall–Kier alpha value is -1.95.